The summed E-state index contributed by atoms with van der Waals surface area (Å²) in [5, 5.41) is 6.17. The molecule has 1 aliphatic heterocycles. The van der Waals surface area contributed by atoms with Crippen LogP contribution in [-0.4, -0.2) is 39.3 Å². The van der Waals surface area contributed by atoms with Gasteiger partial charge in [0, 0.05) is 6.54 Å². The minimum Gasteiger partial charge on any atom is -0.493 e. The minimum atomic E-state index is -0.114. The summed E-state index contributed by atoms with van der Waals surface area (Å²) in [4.78, 5) is 12.0. The van der Waals surface area contributed by atoms with Crippen molar-refractivity contribution in [2.75, 3.05) is 27.3 Å². The van der Waals surface area contributed by atoms with Gasteiger partial charge in [0.1, 0.15) is 0 Å². The molecule has 0 spiro atoms. The van der Waals surface area contributed by atoms with Crippen LogP contribution >= 0.6 is 0 Å². The van der Waals surface area contributed by atoms with Gasteiger partial charge >= 0.3 is 0 Å². The van der Waals surface area contributed by atoms with Crippen molar-refractivity contribution in [3.8, 4) is 11.5 Å². The van der Waals surface area contributed by atoms with Crippen LogP contribution in [-0.2, 0) is 4.79 Å². The second-order valence-corrected chi connectivity index (χ2v) is 5.24. The predicted octanol–water partition coefficient (Wildman–Crippen LogP) is 1.68. The third-order valence-electron chi connectivity index (χ3n) is 3.95. The van der Waals surface area contributed by atoms with Gasteiger partial charge in [0.15, 0.2) is 11.5 Å². The van der Waals surface area contributed by atoms with Crippen molar-refractivity contribution in [1.82, 2.24) is 10.6 Å². The van der Waals surface area contributed by atoms with Crippen molar-refractivity contribution in [3.05, 3.63) is 23.8 Å². The zero-order valence-electron chi connectivity index (χ0n) is 12.9. The van der Waals surface area contributed by atoms with E-state index in [0.717, 1.165) is 30.9 Å². The van der Waals surface area contributed by atoms with E-state index in [1.807, 2.05) is 19.1 Å². The molecule has 0 bridgehead atoms. The van der Waals surface area contributed by atoms with Crippen molar-refractivity contribution in [3.63, 3.8) is 0 Å². The van der Waals surface area contributed by atoms with Crippen LogP contribution in [0.2, 0.25) is 0 Å². The van der Waals surface area contributed by atoms with Crippen LogP contribution in [0.4, 0.5) is 0 Å². The van der Waals surface area contributed by atoms with E-state index in [1.165, 1.54) is 5.56 Å². The van der Waals surface area contributed by atoms with Crippen LogP contribution in [0.3, 0.4) is 0 Å². The zero-order chi connectivity index (χ0) is 15.2. The van der Waals surface area contributed by atoms with Crippen LogP contribution in [0, 0.1) is 0 Å². The summed E-state index contributed by atoms with van der Waals surface area (Å²) in [7, 11) is 3.27. The molecule has 1 aromatic rings. The van der Waals surface area contributed by atoms with Crippen LogP contribution in [0.1, 0.15) is 31.2 Å². The highest BCUT2D eigenvalue weighted by Crippen LogP contribution is 2.34. The highest BCUT2D eigenvalue weighted by atomic mass is 16.5. The van der Waals surface area contributed by atoms with Gasteiger partial charge in [-0.1, -0.05) is 6.07 Å². The van der Waals surface area contributed by atoms with Gasteiger partial charge in [0.25, 0.3) is 0 Å². The van der Waals surface area contributed by atoms with E-state index in [0.29, 0.717) is 12.5 Å². The average Bonchev–Trinajstić information content (AvgIpc) is 2.54. The molecule has 21 heavy (non-hydrogen) atoms. The summed E-state index contributed by atoms with van der Waals surface area (Å²) in [6.07, 6.45) is 1.83. The first-order valence-corrected chi connectivity index (χ1v) is 7.42. The van der Waals surface area contributed by atoms with Gasteiger partial charge in [0.2, 0.25) is 5.91 Å². The lowest BCUT2D eigenvalue weighted by Gasteiger charge is -2.30. The fraction of sp³-hybridized carbons (Fsp3) is 0.562. The SMILES string of the molecule is CCNC(=O)C1CC(c2ccc(OC)c(OC)c2)CCN1. The number of nitrogens with one attached hydrogen (secondary N) is 2. The molecular weight excluding hydrogens is 268 g/mol. The Hall–Kier alpha value is -1.75. The Balaban J connectivity index is 2.12. The highest BCUT2D eigenvalue weighted by Gasteiger charge is 2.27. The third-order valence-corrected chi connectivity index (χ3v) is 3.95. The lowest BCUT2D eigenvalue weighted by atomic mass is 9.86. The number of rotatable bonds is 5. The fourth-order valence-electron chi connectivity index (χ4n) is 2.82. The Morgan fingerprint density at radius 3 is 2.76 bits per heavy atom. The van der Waals surface area contributed by atoms with Gasteiger partial charge < -0.3 is 20.1 Å². The smallest absolute Gasteiger partial charge is 0.237 e. The summed E-state index contributed by atoms with van der Waals surface area (Å²) in [5.41, 5.74) is 1.20. The van der Waals surface area contributed by atoms with E-state index in [2.05, 4.69) is 16.7 Å². The number of likely N-dealkylation sites (N-methyl/N-ethyl adjacent to an activating group) is 1. The maximum atomic E-state index is 12.0. The normalized spacial score (nSPS) is 21.7. The molecule has 116 valence electrons. The Morgan fingerprint density at radius 2 is 2.10 bits per heavy atom. The molecule has 0 aliphatic carbocycles. The van der Waals surface area contributed by atoms with Gasteiger partial charge in [-0.3, -0.25) is 4.79 Å². The molecule has 1 amide bonds. The van der Waals surface area contributed by atoms with Gasteiger partial charge in [-0.15, -0.1) is 0 Å². The van der Waals surface area contributed by atoms with E-state index in [4.69, 9.17) is 9.47 Å². The molecule has 2 N–H and O–H groups in total. The average molecular weight is 292 g/mol. The predicted molar refractivity (Wildman–Crippen MR) is 82.0 cm³/mol. The molecule has 2 unspecified atom stereocenters. The van der Waals surface area contributed by atoms with Crippen LogP contribution in [0.25, 0.3) is 0 Å². The van der Waals surface area contributed by atoms with Crippen LogP contribution in [0.5, 0.6) is 11.5 Å². The Bertz CT molecular complexity index is 490. The topological polar surface area (TPSA) is 59.6 Å². The maximum Gasteiger partial charge on any atom is 0.237 e. The summed E-state index contributed by atoms with van der Waals surface area (Å²) in [6.45, 7) is 3.45. The zero-order valence-corrected chi connectivity index (χ0v) is 12.9. The summed E-state index contributed by atoms with van der Waals surface area (Å²) in [5.74, 6) is 1.92. The van der Waals surface area contributed by atoms with Crippen molar-refractivity contribution in [2.45, 2.75) is 31.7 Å². The number of amides is 1. The summed E-state index contributed by atoms with van der Waals surface area (Å²) >= 11 is 0. The Kier molecular flexibility index (Phi) is 5.44. The second kappa shape index (κ2) is 7.31. The quantitative estimate of drug-likeness (QED) is 0.867. The molecule has 0 aromatic heterocycles. The Morgan fingerprint density at radius 1 is 1.33 bits per heavy atom. The first-order chi connectivity index (χ1) is 10.2. The first kappa shape index (κ1) is 15.6. The number of carbonyl (C=O) groups excluding carboxylic acids is 1. The lowest BCUT2D eigenvalue weighted by molar-refractivity contribution is -0.123. The standard InChI is InChI=1S/C16H24N2O3/c1-4-17-16(19)13-9-12(7-8-18-13)11-5-6-14(20-2)15(10-11)21-3/h5-6,10,12-13,18H,4,7-9H2,1-3H3,(H,17,19). The lowest BCUT2D eigenvalue weighted by Crippen LogP contribution is -2.48. The van der Waals surface area contributed by atoms with Crippen LogP contribution in [0.15, 0.2) is 18.2 Å². The van der Waals surface area contributed by atoms with E-state index < -0.39 is 0 Å². The van der Waals surface area contributed by atoms with Crippen molar-refractivity contribution in [2.24, 2.45) is 0 Å². The van der Waals surface area contributed by atoms with Gasteiger partial charge in [0.05, 0.1) is 20.3 Å². The van der Waals surface area contributed by atoms with Crippen molar-refractivity contribution in [1.29, 1.82) is 0 Å². The molecule has 1 aromatic carbocycles. The molecule has 0 radical (unpaired) electrons. The summed E-state index contributed by atoms with van der Waals surface area (Å²) in [6, 6.07) is 5.89. The Labute approximate surface area is 126 Å². The number of carbonyl (C=O) groups is 1. The van der Waals surface area contributed by atoms with E-state index in [-0.39, 0.29) is 11.9 Å². The molecule has 2 atom stereocenters. The van der Waals surface area contributed by atoms with E-state index in [1.54, 1.807) is 14.2 Å². The van der Waals surface area contributed by atoms with Crippen LogP contribution < -0.4 is 20.1 Å². The molecule has 1 fully saturated rings. The number of piperidine rings is 1. The maximum absolute atomic E-state index is 12.0. The second-order valence-electron chi connectivity index (χ2n) is 5.24. The monoisotopic (exact) mass is 292 g/mol. The van der Waals surface area contributed by atoms with Gasteiger partial charge in [-0.05, 0) is 49.9 Å². The largest absolute Gasteiger partial charge is 0.493 e. The molecule has 1 aliphatic rings. The minimum absolute atomic E-state index is 0.0858. The number of hydrogen-bond acceptors (Lipinski definition) is 4. The third kappa shape index (κ3) is 3.67. The molecule has 1 saturated heterocycles. The molecule has 5 heteroatoms. The molecular formula is C16H24N2O3. The number of benzene rings is 1. The number of ether oxygens (including phenoxy) is 2. The number of methoxy groups -OCH3 is 2. The van der Waals surface area contributed by atoms with E-state index in [9.17, 15) is 4.79 Å². The van der Waals surface area contributed by atoms with Gasteiger partial charge in [-0.2, -0.15) is 0 Å². The summed E-state index contributed by atoms with van der Waals surface area (Å²) < 4.78 is 10.6. The molecule has 1 heterocycles. The number of hydrogen-bond donors (Lipinski definition) is 2. The van der Waals surface area contributed by atoms with Crippen molar-refractivity contribution >= 4 is 5.91 Å². The van der Waals surface area contributed by atoms with Crippen molar-refractivity contribution < 1.29 is 14.3 Å². The molecule has 0 saturated carbocycles. The van der Waals surface area contributed by atoms with E-state index >= 15 is 0 Å². The fourth-order valence-corrected chi connectivity index (χ4v) is 2.82. The van der Waals surface area contributed by atoms with Gasteiger partial charge in [-0.25, -0.2) is 0 Å². The molecule has 5 nitrogen and oxygen atoms in total. The first-order valence-electron chi connectivity index (χ1n) is 7.42. The highest BCUT2D eigenvalue weighted by molar-refractivity contribution is 5.81. The molecule has 2 rings (SSSR count).